The summed E-state index contributed by atoms with van der Waals surface area (Å²) in [5.41, 5.74) is 1.65. The van der Waals surface area contributed by atoms with E-state index >= 15 is 0 Å². The molecule has 0 fully saturated rings. The number of nitrogens with one attached hydrogen (secondary N) is 1. The smallest absolute Gasteiger partial charge is 0.262 e. The van der Waals surface area contributed by atoms with Crippen molar-refractivity contribution >= 4 is 28.6 Å². The third kappa shape index (κ3) is 4.44. The Morgan fingerprint density at radius 1 is 1.11 bits per heavy atom. The van der Waals surface area contributed by atoms with Crippen molar-refractivity contribution in [1.82, 2.24) is 14.9 Å². The molecule has 0 unspecified atom stereocenters. The van der Waals surface area contributed by atoms with Gasteiger partial charge in [-0.15, -0.1) is 0 Å². The van der Waals surface area contributed by atoms with Crippen molar-refractivity contribution in [2.24, 2.45) is 0 Å². The minimum Gasteiger partial charge on any atom is -0.351 e. The van der Waals surface area contributed by atoms with Gasteiger partial charge in [0, 0.05) is 12.6 Å². The lowest BCUT2D eigenvalue weighted by Crippen LogP contribution is -2.32. The molecule has 0 radical (unpaired) electrons. The highest BCUT2D eigenvalue weighted by molar-refractivity contribution is 8.00. The van der Waals surface area contributed by atoms with Gasteiger partial charge >= 0.3 is 0 Å². The van der Waals surface area contributed by atoms with Crippen molar-refractivity contribution in [1.29, 1.82) is 0 Å². The molecule has 0 aliphatic carbocycles. The summed E-state index contributed by atoms with van der Waals surface area (Å²) in [6.07, 6.45) is 0.808. The second-order valence-corrected chi connectivity index (χ2v) is 8.12. The standard InChI is InChI=1S/C22H25N3O2S/c1-4-15(2)25-21(27)18-12-8-9-13-19(18)24-22(25)28-16(3)20(26)23-14-17-10-6-5-7-11-17/h5-13,15-16H,4,14H2,1-3H3,(H,23,26)/t15-,16-/m1/s1. The monoisotopic (exact) mass is 395 g/mol. The Hall–Kier alpha value is -2.60. The largest absolute Gasteiger partial charge is 0.351 e. The highest BCUT2D eigenvalue weighted by atomic mass is 32.2. The molecule has 1 heterocycles. The van der Waals surface area contributed by atoms with Crippen LogP contribution in [-0.2, 0) is 11.3 Å². The summed E-state index contributed by atoms with van der Waals surface area (Å²) in [6.45, 7) is 6.36. The molecule has 5 nitrogen and oxygen atoms in total. The van der Waals surface area contributed by atoms with Gasteiger partial charge in [-0.1, -0.05) is 61.2 Å². The van der Waals surface area contributed by atoms with Crippen LogP contribution in [0.3, 0.4) is 0 Å². The number of aromatic nitrogens is 2. The lowest BCUT2D eigenvalue weighted by Gasteiger charge is -2.20. The Labute approximate surface area is 169 Å². The predicted molar refractivity (Wildman–Crippen MR) is 115 cm³/mol. The summed E-state index contributed by atoms with van der Waals surface area (Å²) in [5, 5.41) is 3.78. The minimum atomic E-state index is -0.368. The second kappa shape index (κ2) is 9.06. The molecule has 3 rings (SSSR count). The van der Waals surface area contributed by atoms with Crippen molar-refractivity contribution in [2.75, 3.05) is 0 Å². The molecular weight excluding hydrogens is 370 g/mol. The molecule has 1 amide bonds. The number of hydrogen-bond donors (Lipinski definition) is 1. The van der Waals surface area contributed by atoms with E-state index in [1.807, 2.05) is 69.3 Å². The van der Waals surface area contributed by atoms with Gasteiger partial charge in [-0.25, -0.2) is 4.98 Å². The maximum Gasteiger partial charge on any atom is 0.262 e. The fourth-order valence-corrected chi connectivity index (χ4v) is 3.95. The molecule has 0 spiro atoms. The normalized spacial score (nSPS) is 13.2. The van der Waals surface area contributed by atoms with Crippen LogP contribution in [0.2, 0.25) is 0 Å². The number of nitrogens with zero attached hydrogens (tertiary/aromatic N) is 2. The number of hydrogen-bond acceptors (Lipinski definition) is 4. The average molecular weight is 396 g/mol. The van der Waals surface area contributed by atoms with Crippen molar-refractivity contribution in [3.05, 3.63) is 70.5 Å². The number of thioether (sulfide) groups is 1. The fourth-order valence-electron chi connectivity index (χ4n) is 2.92. The third-order valence-electron chi connectivity index (χ3n) is 4.77. The Kier molecular flexibility index (Phi) is 6.52. The summed E-state index contributed by atoms with van der Waals surface area (Å²) in [5.74, 6) is -0.0769. The molecular formula is C22H25N3O2S. The first-order valence-electron chi connectivity index (χ1n) is 9.50. The van der Waals surface area contributed by atoms with Crippen LogP contribution < -0.4 is 10.9 Å². The van der Waals surface area contributed by atoms with E-state index in [-0.39, 0.29) is 22.8 Å². The number of rotatable bonds is 7. The summed E-state index contributed by atoms with van der Waals surface area (Å²) >= 11 is 1.33. The van der Waals surface area contributed by atoms with Crippen LogP contribution in [0.4, 0.5) is 0 Å². The van der Waals surface area contributed by atoms with Gasteiger partial charge in [-0.3, -0.25) is 14.2 Å². The molecule has 2 aromatic carbocycles. The van der Waals surface area contributed by atoms with Gasteiger partial charge in [0.25, 0.3) is 5.56 Å². The van der Waals surface area contributed by atoms with Crippen LogP contribution in [-0.4, -0.2) is 20.7 Å². The van der Waals surface area contributed by atoms with Crippen LogP contribution >= 0.6 is 11.8 Å². The Balaban J connectivity index is 1.83. The Morgan fingerprint density at radius 2 is 1.79 bits per heavy atom. The number of carbonyl (C=O) groups is 1. The zero-order chi connectivity index (χ0) is 20.1. The zero-order valence-corrected chi connectivity index (χ0v) is 17.2. The van der Waals surface area contributed by atoms with Gasteiger partial charge in [-0.2, -0.15) is 0 Å². The number of carbonyl (C=O) groups excluding carboxylic acids is 1. The van der Waals surface area contributed by atoms with E-state index in [2.05, 4.69) is 5.32 Å². The van der Waals surface area contributed by atoms with Crippen molar-refractivity contribution in [2.45, 2.75) is 50.2 Å². The molecule has 28 heavy (non-hydrogen) atoms. The van der Waals surface area contributed by atoms with Gasteiger partial charge < -0.3 is 5.32 Å². The summed E-state index contributed by atoms with van der Waals surface area (Å²) in [6, 6.07) is 17.2. The van der Waals surface area contributed by atoms with Crippen LogP contribution in [0, 0.1) is 0 Å². The van der Waals surface area contributed by atoms with Crippen molar-refractivity contribution < 1.29 is 4.79 Å². The highest BCUT2D eigenvalue weighted by Gasteiger charge is 2.21. The topological polar surface area (TPSA) is 64.0 Å². The molecule has 3 aromatic rings. The Morgan fingerprint density at radius 3 is 2.50 bits per heavy atom. The van der Waals surface area contributed by atoms with Crippen LogP contribution in [0.5, 0.6) is 0 Å². The summed E-state index contributed by atoms with van der Waals surface area (Å²) < 4.78 is 1.72. The minimum absolute atomic E-state index is 0.00619. The van der Waals surface area contributed by atoms with E-state index in [0.29, 0.717) is 22.6 Å². The van der Waals surface area contributed by atoms with Gasteiger partial charge in [0.2, 0.25) is 5.91 Å². The van der Waals surface area contributed by atoms with Crippen LogP contribution in [0.25, 0.3) is 10.9 Å². The van der Waals surface area contributed by atoms with E-state index < -0.39 is 0 Å². The first kappa shape index (κ1) is 20.1. The molecule has 0 aliphatic heterocycles. The van der Waals surface area contributed by atoms with Crippen molar-refractivity contribution in [3.63, 3.8) is 0 Å². The summed E-state index contributed by atoms with van der Waals surface area (Å²) in [4.78, 5) is 30.3. The number of fused-ring (bicyclic) bond motifs is 1. The lowest BCUT2D eigenvalue weighted by molar-refractivity contribution is -0.120. The van der Waals surface area contributed by atoms with Gasteiger partial charge in [0.15, 0.2) is 5.16 Å². The molecule has 1 N–H and O–H groups in total. The molecule has 146 valence electrons. The molecule has 1 aromatic heterocycles. The van der Waals surface area contributed by atoms with E-state index in [1.165, 1.54) is 11.8 Å². The van der Waals surface area contributed by atoms with E-state index in [0.717, 1.165) is 12.0 Å². The third-order valence-corrected chi connectivity index (χ3v) is 5.83. The van der Waals surface area contributed by atoms with Gasteiger partial charge in [0.1, 0.15) is 0 Å². The molecule has 0 bridgehead atoms. The van der Waals surface area contributed by atoms with E-state index in [1.54, 1.807) is 10.6 Å². The molecule has 6 heteroatoms. The lowest BCUT2D eigenvalue weighted by atomic mass is 10.2. The van der Waals surface area contributed by atoms with Crippen molar-refractivity contribution in [3.8, 4) is 0 Å². The highest BCUT2D eigenvalue weighted by Crippen LogP contribution is 2.26. The SMILES string of the molecule is CC[C@@H](C)n1c(S[C@H](C)C(=O)NCc2ccccc2)nc2ccccc2c1=O. The van der Waals surface area contributed by atoms with Gasteiger partial charge in [-0.05, 0) is 38.0 Å². The van der Waals surface area contributed by atoms with Crippen LogP contribution in [0.1, 0.15) is 38.8 Å². The average Bonchev–Trinajstić information content (AvgIpc) is 2.72. The first-order valence-corrected chi connectivity index (χ1v) is 10.4. The fraction of sp³-hybridized carbons (Fsp3) is 0.318. The molecule has 0 saturated carbocycles. The summed E-state index contributed by atoms with van der Waals surface area (Å²) in [7, 11) is 0. The second-order valence-electron chi connectivity index (χ2n) is 6.81. The maximum atomic E-state index is 13.0. The Bertz CT molecular complexity index is 1020. The number of amides is 1. The molecule has 2 atom stereocenters. The predicted octanol–water partition coefficient (Wildman–Crippen LogP) is 4.16. The molecule has 0 saturated heterocycles. The number of para-hydroxylation sites is 1. The number of benzene rings is 2. The first-order chi connectivity index (χ1) is 13.5. The van der Waals surface area contributed by atoms with E-state index in [4.69, 9.17) is 4.98 Å². The molecule has 0 aliphatic rings. The quantitative estimate of drug-likeness (QED) is 0.482. The van der Waals surface area contributed by atoms with Crippen LogP contribution in [0.15, 0.2) is 64.5 Å². The van der Waals surface area contributed by atoms with E-state index in [9.17, 15) is 9.59 Å². The maximum absolute atomic E-state index is 13.0. The van der Waals surface area contributed by atoms with Gasteiger partial charge in [0.05, 0.1) is 16.2 Å². The zero-order valence-electron chi connectivity index (χ0n) is 16.4.